The van der Waals surface area contributed by atoms with Gasteiger partial charge in [0, 0.05) is 25.9 Å². The Morgan fingerprint density at radius 3 is 1.57 bits per heavy atom. The third kappa shape index (κ3) is 5.10. The van der Waals surface area contributed by atoms with Crippen LogP contribution in [0.4, 0.5) is 0 Å². The highest BCUT2D eigenvalue weighted by atomic mass is 28.4. The molecule has 14 heavy (non-hydrogen) atoms. The topological polar surface area (TPSA) is 27.7 Å². The molecule has 0 spiro atoms. The van der Waals surface area contributed by atoms with E-state index in [1.165, 1.54) is 0 Å². The van der Waals surface area contributed by atoms with Crippen molar-refractivity contribution in [1.82, 2.24) is 0 Å². The van der Waals surface area contributed by atoms with Gasteiger partial charge in [0.15, 0.2) is 0 Å². The Morgan fingerprint density at radius 1 is 0.786 bits per heavy atom. The standard InChI is InChI=1S/C10H24O3Si/c1-5-9-12-14(8-4,11-7-3)13-10-6-2/h5-10H2,1-4H3. The molecule has 0 aliphatic rings. The summed E-state index contributed by atoms with van der Waals surface area (Å²) in [5.41, 5.74) is 0. The molecule has 86 valence electrons. The van der Waals surface area contributed by atoms with Crippen LogP contribution in [-0.2, 0) is 13.3 Å². The molecule has 0 N–H and O–H groups in total. The third-order valence-electron chi connectivity index (χ3n) is 1.85. The van der Waals surface area contributed by atoms with Crippen molar-refractivity contribution >= 4 is 8.80 Å². The summed E-state index contributed by atoms with van der Waals surface area (Å²) in [4.78, 5) is 0. The number of hydrogen-bond donors (Lipinski definition) is 0. The molecule has 0 aromatic heterocycles. The van der Waals surface area contributed by atoms with Crippen LogP contribution >= 0.6 is 0 Å². The molecule has 0 fully saturated rings. The van der Waals surface area contributed by atoms with Crippen molar-refractivity contribution in [2.45, 2.75) is 46.6 Å². The van der Waals surface area contributed by atoms with Gasteiger partial charge in [0.2, 0.25) is 0 Å². The number of hydrogen-bond acceptors (Lipinski definition) is 3. The third-order valence-corrected chi connectivity index (χ3v) is 4.73. The van der Waals surface area contributed by atoms with E-state index in [-0.39, 0.29) is 0 Å². The van der Waals surface area contributed by atoms with Gasteiger partial charge in [-0.25, -0.2) is 0 Å². The van der Waals surface area contributed by atoms with E-state index in [4.69, 9.17) is 13.3 Å². The first kappa shape index (κ1) is 14.1. The maximum absolute atomic E-state index is 5.76. The molecule has 0 aliphatic carbocycles. The van der Waals surface area contributed by atoms with Crippen LogP contribution in [-0.4, -0.2) is 28.6 Å². The Kier molecular flexibility index (Phi) is 8.47. The van der Waals surface area contributed by atoms with Crippen molar-refractivity contribution in [3.8, 4) is 0 Å². The molecule has 0 rings (SSSR count). The molecule has 0 heterocycles. The van der Waals surface area contributed by atoms with Crippen molar-refractivity contribution in [3.63, 3.8) is 0 Å². The maximum atomic E-state index is 5.76. The highest BCUT2D eigenvalue weighted by molar-refractivity contribution is 6.60. The van der Waals surface area contributed by atoms with Crippen LogP contribution in [0.15, 0.2) is 0 Å². The first-order chi connectivity index (χ1) is 6.74. The molecule has 0 aliphatic heterocycles. The monoisotopic (exact) mass is 220 g/mol. The minimum Gasteiger partial charge on any atom is -0.374 e. The lowest BCUT2D eigenvalue weighted by molar-refractivity contribution is 0.0643. The van der Waals surface area contributed by atoms with E-state index in [1.807, 2.05) is 6.92 Å². The molecule has 0 radical (unpaired) electrons. The van der Waals surface area contributed by atoms with Gasteiger partial charge in [0.05, 0.1) is 0 Å². The van der Waals surface area contributed by atoms with E-state index in [1.54, 1.807) is 0 Å². The van der Waals surface area contributed by atoms with Crippen molar-refractivity contribution in [2.75, 3.05) is 19.8 Å². The van der Waals surface area contributed by atoms with Gasteiger partial charge in [-0.3, -0.25) is 0 Å². The fourth-order valence-corrected chi connectivity index (χ4v) is 3.50. The minimum atomic E-state index is -2.31. The van der Waals surface area contributed by atoms with Crippen molar-refractivity contribution in [1.29, 1.82) is 0 Å². The largest absolute Gasteiger partial charge is 0.500 e. The van der Waals surface area contributed by atoms with Gasteiger partial charge < -0.3 is 13.3 Å². The molecule has 4 heteroatoms. The van der Waals surface area contributed by atoms with Crippen LogP contribution in [0, 0.1) is 0 Å². The van der Waals surface area contributed by atoms with Gasteiger partial charge in [-0.15, -0.1) is 0 Å². The molecule has 0 saturated carbocycles. The van der Waals surface area contributed by atoms with Crippen LogP contribution in [0.3, 0.4) is 0 Å². The Morgan fingerprint density at radius 2 is 1.29 bits per heavy atom. The van der Waals surface area contributed by atoms with E-state index >= 15 is 0 Å². The Bertz CT molecular complexity index is 123. The van der Waals surface area contributed by atoms with E-state index < -0.39 is 8.80 Å². The van der Waals surface area contributed by atoms with Crippen LogP contribution in [0.5, 0.6) is 0 Å². The lowest BCUT2D eigenvalue weighted by Crippen LogP contribution is -2.45. The Hall–Kier alpha value is 0.0969. The fourth-order valence-electron chi connectivity index (χ4n) is 1.17. The van der Waals surface area contributed by atoms with E-state index in [2.05, 4.69) is 20.8 Å². The molecule has 0 saturated heterocycles. The van der Waals surface area contributed by atoms with Gasteiger partial charge in [-0.2, -0.15) is 0 Å². The predicted octanol–water partition coefficient (Wildman–Crippen LogP) is 2.83. The average molecular weight is 220 g/mol. The van der Waals surface area contributed by atoms with Crippen LogP contribution in [0.25, 0.3) is 0 Å². The molecule has 3 nitrogen and oxygen atoms in total. The summed E-state index contributed by atoms with van der Waals surface area (Å²) in [5.74, 6) is 0. The zero-order chi connectivity index (χ0) is 10.9. The van der Waals surface area contributed by atoms with Crippen LogP contribution < -0.4 is 0 Å². The summed E-state index contributed by atoms with van der Waals surface area (Å²) in [6.07, 6.45) is 2.02. The highest BCUT2D eigenvalue weighted by Gasteiger charge is 2.38. The highest BCUT2D eigenvalue weighted by Crippen LogP contribution is 2.15. The summed E-state index contributed by atoms with van der Waals surface area (Å²) in [7, 11) is -2.31. The summed E-state index contributed by atoms with van der Waals surface area (Å²) in [5, 5.41) is 0. The van der Waals surface area contributed by atoms with E-state index in [0.717, 1.165) is 32.1 Å². The first-order valence-corrected chi connectivity index (χ1v) is 7.59. The smallest absolute Gasteiger partial charge is 0.374 e. The van der Waals surface area contributed by atoms with Gasteiger partial charge >= 0.3 is 8.80 Å². The van der Waals surface area contributed by atoms with Gasteiger partial charge in [0.1, 0.15) is 0 Å². The van der Waals surface area contributed by atoms with Crippen LogP contribution in [0.1, 0.15) is 40.5 Å². The zero-order valence-electron chi connectivity index (χ0n) is 9.97. The molecule has 0 unspecified atom stereocenters. The molecule has 0 bridgehead atoms. The van der Waals surface area contributed by atoms with Gasteiger partial charge in [-0.1, -0.05) is 20.8 Å². The fraction of sp³-hybridized carbons (Fsp3) is 1.00. The zero-order valence-corrected chi connectivity index (χ0v) is 11.0. The Labute approximate surface area is 89.1 Å². The predicted molar refractivity (Wildman–Crippen MR) is 60.3 cm³/mol. The second-order valence-electron chi connectivity index (χ2n) is 3.17. The average Bonchev–Trinajstić information content (AvgIpc) is 2.22. The van der Waals surface area contributed by atoms with Crippen molar-refractivity contribution in [2.24, 2.45) is 0 Å². The summed E-state index contributed by atoms with van der Waals surface area (Å²) in [6.45, 7) is 10.4. The normalized spacial score (nSPS) is 12.0. The maximum Gasteiger partial charge on any atom is 0.500 e. The second kappa shape index (κ2) is 8.41. The van der Waals surface area contributed by atoms with Gasteiger partial charge in [-0.05, 0) is 19.8 Å². The molecule has 0 aromatic rings. The molecule has 0 amide bonds. The number of rotatable bonds is 9. The van der Waals surface area contributed by atoms with Gasteiger partial charge in [0.25, 0.3) is 0 Å². The molecular formula is C10H24O3Si. The molecular weight excluding hydrogens is 196 g/mol. The summed E-state index contributed by atoms with van der Waals surface area (Å²) in [6, 6.07) is 0.862. The lowest BCUT2D eigenvalue weighted by atomic mass is 10.5. The SMILES string of the molecule is CCCO[Si](CC)(OCC)OCCC. The lowest BCUT2D eigenvalue weighted by Gasteiger charge is -2.27. The van der Waals surface area contributed by atoms with E-state index in [0.29, 0.717) is 6.61 Å². The minimum absolute atomic E-state index is 0.674. The van der Waals surface area contributed by atoms with Crippen molar-refractivity contribution in [3.05, 3.63) is 0 Å². The van der Waals surface area contributed by atoms with Crippen molar-refractivity contribution < 1.29 is 13.3 Å². The quantitative estimate of drug-likeness (QED) is 0.559. The summed E-state index contributed by atoms with van der Waals surface area (Å²) >= 11 is 0. The molecule has 0 aromatic carbocycles. The second-order valence-corrected chi connectivity index (χ2v) is 6.11. The summed E-state index contributed by atoms with van der Waals surface area (Å²) < 4.78 is 17.2. The van der Waals surface area contributed by atoms with Crippen LogP contribution in [0.2, 0.25) is 6.04 Å². The molecule has 0 atom stereocenters. The first-order valence-electron chi connectivity index (χ1n) is 5.66. The van der Waals surface area contributed by atoms with E-state index in [9.17, 15) is 0 Å². The Balaban J connectivity index is 4.11.